The van der Waals surface area contributed by atoms with Gasteiger partial charge < -0.3 is 9.80 Å². The van der Waals surface area contributed by atoms with Crippen molar-refractivity contribution in [1.82, 2.24) is 29.6 Å². The normalized spacial score (nSPS) is 11.8. The molecule has 0 unspecified atom stereocenters. The summed E-state index contributed by atoms with van der Waals surface area (Å²) in [5.74, 6) is 0.223. The van der Waals surface area contributed by atoms with Gasteiger partial charge in [-0.1, -0.05) is 124 Å². The zero-order chi connectivity index (χ0) is 32.8. The fraction of sp³-hybridized carbons (Fsp3) is 0.676. The highest BCUT2D eigenvalue weighted by molar-refractivity contribution is 6.01. The summed E-state index contributed by atoms with van der Waals surface area (Å²) in [7, 11) is 5.28. The van der Waals surface area contributed by atoms with Gasteiger partial charge in [0.05, 0.1) is 0 Å². The second-order valence-corrected chi connectivity index (χ2v) is 14.2. The predicted octanol–water partition coefficient (Wildman–Crippen LogP) is 9.06. The summed E-state index contributed by atoms with van der Waals surface area (Å²) in [6, 6.07) is 7.26. The van der Waals surface area contributed by atoms with Gasteiger partial charge in [-0.05, 0) is 24.6 Å². The molecule has 2 aromatic heterocycles. The Kier molecular flexibility index (Phi) is 14.6. The molecule has 1 N–H and O–H groups in total. The number of unbranched alkanes of at least 4 members (excludes halogenated alkanes) is 15. The van der Waals surface area contributed by atoms with E-state index in [1.165, 1.54) is 94.8 Å². The zero-order valence-corrected chi connectivity index (χ0v) is 29.4. The van der Waals surface area contributed by atoms with Gasteiger partial charge in [0.25, 0.3) is 11.8 Å². The first-order chi connectivity index (χ1) is 21.5. The molecule has 0 aliphatic heterocycles. The van der Waals surface area contributed by atoms with Gasteiger partial charge >= 0.3 is 0 Å². The third-order valence-electron chi connectivity index (χ3n) is 8.73. The lowest BCUT2D eigenvalue weighted by Gasteiger charge is -2.19. The quantitative estimate of drug-likeness (QED) is 0.128. The maximum absolute atomic E-state index is 13.5. The van der Waals surface area contributed by atoms with Gasteiger partial charge in [-0.2, -0.15) is 4.63 Å². The number of carbonyl (C=O) groups excluding carboxylic acids is 2. The summed E-state index contributed by atoms with van der Waals surface area (Å²) >= 11 is 0. The highest BCUT2D eigenvalue weighted by Gasteiger charge is 2.21. The van der Waals surface area contributed by atoms with Crippen LogP contribution in [0.1, 0.15) is 157 Å². The van der Waals surface area contributed by atoms with Crippen LogP contribution < -0.4 is 0 Å². The van der Waals surface area contributed by atoms with Crippen molar-refractivity contribution < 1.29 is 9.59 Å². The maximum Gasteiger partial charge on any atom is 0.253 e. The molecule has 0 aliphatic carbocycles. The molecule has 8 heteroatoms. The summed E-state index contributed by atoms with van der Waals surface area (Å²) in [6.45, 7) is 9.36. The number of aromatic amines is 1. The molecule has 2 amide bonds. The Bertz CT molecular complexity index is 1300. The van der Waals surface area contributed by atoms with Crippen molar-refractivity contribution in [2.75, 3.05) is 27.7 Å². The van der Waals surface area contributed by atoms with Crippen molar-refractivity contribution in [3.05, 3.63) is 41.1 Å². The lowest BCUT2D eigenvalue weighted by atomic mass is 9.93. The minimum atomic E-state index is -0.161. The van der Waals surface area contributed by atoms with E-state index in [-0.39, 0.29) is 17.2 Å². The Balaban J connectivity index is 1.45. The predicted molar refractivity (Wildman–Crippen MR) is 186 cm³/mol. The number of aromatic nitrogens is 4. The van der Waals surface area contributed by atoms with Gasteiger partial charge in [0.15, 0.2) is 11.5 Å². The third-order valence-corrected chi connectivity index (χ3v) is 8.73. The fourth-order valence-corrected chi connectivity index (χ4v) is 5.76. The van der Waals surface area contributed by atoms with Crippen LogP contribution in [0.2, 0.25) is 0 Å². The highest BCUT2D eigenvalue weighted by atomic mass is 16.2. The number of carbonyl (C=O) groups is 2. The molecule has 0 fully saturated rings. The summed E-state index contributed by atoms with van der Waals surface area (Å²) in [5, 5.41) is 7.93. The molecule has 0 spiro atoms. The van der Waals surface area contributed by atoms with Gasteiger partial charge in [0.1, 0.15) is 0 Å². The minimum Gasteiger partial charge on any atom is -0.345 e. The number of hydrogen-bond acceptors (Lipinski definition) is 4. The van der Waals surface area contributed by atoms with E-state index in [2.05, 4.69) is 37.9 Å². The van der Waals surface area contributed by atoms with Crippen molar-refractivity contribution in [3.8, 4) is 11.4 Å². The van der Waals surface area contributed by atoms with Crippen molar-refractivity contribution in [2.24, 2.45) is 0 Å². The number of nitrogens with zero attached hydrogens (tertiary/aromatic N) is 5. The maximum atomic E-state index is 13.5. The molecule has 3 aromatic rings. The average Bonchev–Trinajstić information content (AvgIpc) is 3.60. The van der Waals surface area contributed by atoms with Crippen LogP contribution in [-0.2, 0) is 5.41 Å². The molecule has 0 aliphatic rings. The van der Waals surface area contributed by atoms with Crippen LogP contribution in [0.15, 0.2) is 24.3 Å². The minimum absolute atomic E-state index is 0.0584. The molecule has 0 bridgehead atoms. The van der Waals surface area contributed by atoms with Crippen LogP contribution in [0.4, 0.5) is 0 Å². The molecule has 1 aromatic carbocycles. The lowest BCUT2D eigenvalue weighted by Crippen LogP contribution is -2.28. The molecule has 2 heterocycles. The van der Waals surface area contributed by atoms with Crippen LogP contribution in [0.25, 0.3) is 17.0 Å². The van der Waals surface area contributed by atoms with Gasteiger partial charge in [-0.15, -0.1) is 5.10 Å². The summed E-state index contributed by atoms with van der Waals surface area (Å²) in [5.41, 5.74) is 3.25. The Morgan fingerprint density at radius 2 is 1.20 bits per heavy atom. The van der Waals surface area contributed by atoms with Crippen LogP contribution in [0.5, 0.6) is 0 Å². The molecule has 0 saturated carbocycles. The molecule has 8 nitrogen and oxygen atoms in total. The second-order valence-electron chi connectivity index (χ2n) is 14.2. The largest absolute Gasteiger partial charge is 0.345 e. The Morgan fingerprint density at radius 1 is 0.711 bits per heavy atom. The van der Waals surface area contributed by atoms with Crippen molar-refractivity contribution >= 4 is 17.5 Å². The van der Waals surface area contributed by atoms with Crippen molar-refractivity contribution in [1.29, 1.82) is 0 Å². The lowest BCUT2D eigenvalue weighted by molar-refractivity contribution is 0.0792. The van der Waals surface area contributed by atoms with Crippen LogP contribution in [0.3, 0.4) is 0 Å². The summed E-state index contributed by atoms with van der Waals surface area (Å²) in [6.07, 6.45) is 21.2. The molecule has 0 atom stereocenters. The van der Waals surface area contributed by atoms with E-state index < -0.39 is 0 Å². The molecule has 0 saturated heterocycles. The molecule has 250 valence electrons. The standard InChI is InChI=1S/C37H60N6O2/c1-8-9-10-11-12-13-14-15-16-17-18-19-20-21-22-23-24-42(7)36(45)31-26-29(25-30(27-31)35(44)41(5)6)34-38-33-28-32(37(2,3)4)39-43(33)40-34/h25-28,39H,8-24H2,1-7H3. The van der Waals surface area contributed by atoms with Crippen LogP contribution >= 0.6 is 0 Å². The fourth-order valence-electron chi connectivity index (χ4n) is 5.76. The number of nitrogens with one attached hydrogen (secondary N) is 1. The number of H-pyrrole nitrogens is 1. The van der Waals surface area contributed by atoms with E-state index in [1.807, 2.05) is 13.1 Å². The number of rotatable bonds is 20. The van der Waals surface area contributed by atoms with Crippen LogP contribution in [-0.4, -0.2) is 69.1 Å². The zero-order valence-electron chi connectivity index (χ0n) is 29.4. The van der Waals surface area contributed by atoms with E-state index in [0.29, 0.717) is 34.7 Å². The van der Waals surface area contributed by atoms with Crippen LogP contribution in [0, 0.1) is 0 Å². The molecule has 0 radical (unpaired) electrons. The second kappa shape index (κ2) is 18.1. The number of hydrogen-bond donors (Lipinski definition) is 1. The summed E-state index contributed by atoms with van der Waals surface area (Å²) in [4.78, 5) is 34.4. The molecule has 3 rings (SSSR count). The smallest absolute Gasteiger partial charge is 0.253 e. The Labute approximate surface area is 272 Å². The van der Waals surface area contributed by atoms with E-state index >= 15 is 0 Å². The number of amides is 2. The Hall–Kier alpha value is -3.16. The number of benzene rings is 1. The first-order valence-electron chi connectivity index (χ1n) is 17.6. The first kappa shape index (κ1) is 36.3. The Morgan fingerprint density at radius 3 is 1.67 bits per heavy atom. The molecule has 45 heavy (non-hydrogen) atoms. The summed E-state index contributed by atoms with van der Waals surface area (Å²) < 4.78 is 1.65. The average molecular weight is 621 g/mol. The van der Waals surface area contributed by atoms with E-state index in [4.69, 9.17) is 4.98 Å². The van der Waals surface area contributed by atoms with E-state index in [9.17, 15) is 9.59 Å². The topological polar surface area (TPSA) is 86.6 Å². The highest BCUT2D eigenvalue weighted by Crippen LogP contribution is 2.25. The molecular weight excluding hydrogens is 560 g/mol. The van der Waals surface area contributed by atoms with Gasteiger partial charge in [-0.25, -0.2) is 4.98 Å². The molecular formula is C37H60N6O2. The number of fused-ring (bicyclic) bond motifs is 1. The van der Waals surface area contributed by atoms with Gasteiger partial charge in [-0.3, -0.25) is 14.7 Å². The third kappa shape index (κ3) is 11.6. The van der Waals surface area contributed by atoms with Gasteiger partial charge in [0, 0.05) is 61.6 Å². The van der Waals surface area contributed by atoms with Crippen molar-refractivity contribution in [3.63, 3.8) is 0 Å². The van der Waals surface area contributed by atoms with E-state index in [0.717, 1.165) is 18.5 Å². The monoisotopic (exact) mass is 620 g/mol. The van der Waals surface area contributed by atoms with Gasteiger partial charge in [0.2, 0.25) is 0 Å². The first-order valence-corrected chi connectivity index (χ1v) is 17.6. The van der Waals surface area contributed by atoms with Crippen molar-refractivity contribution in [2.45, 2.75) is 136 Å². The SMILES string of the molecule is CCCCCCCCCCCCCCCCCCN(C)C(=O)c1cc(C(=O)N(C)C)cc(-c2nc3cc(C(C)(C)C)[nH]n3n2)c1. The van der Waals surface area contributed by atoms with E-state index in [1.54, 1.807) is 41.8 Å².